The lowest BCUT2D eigenvalue weighted by atomic mass is 10.2. The van der Waals surface area contributed by atoms with E-state index in [1.165, 1.54) is 18.4 Å². The maximum absolute atomic E-state index is 5.99. The topological polar surface area (TPSA) is 61.8 Å². The maximum atomic E-state index is 5.99. The Morgan fingerprint density at radius 3 is 2.72 bits per heavy atom. The molecule has 6 nitrogen and oxygen atoms in total. The van der Waals surface area contributed by atoms with E-state index in [2.05, 4.69) is 70.5 Å². The Balaban J connectivity index is 1.51. The average molecular weight is 396 g/mol. The van der Waals surface area contributed by atoms with Crippen molar-refractivity contribution in [3.63, 3.8) is 0 Å². The third-order valence-electron chi connectivity index (χ3n) is 4.89. The lowest BCUT2D eigenvalue weighted by molar-refractivity contribution is 0.223. The van der Waals surface area contributed by atoms with Gasteiger partial charge in [-0.2, -0.15) is 0 Å². The lowest BCUT2D eigenvalue weighted by Gasteiger charge is -2.18. The Labute approximate surface area is 174 Å². The van der Waals surface area contributed by atoms with Gasteiger partial charge in [0.05, 0.1) is 13.1 Å². The van der Waals surface area contributed by atoms with Gasteiger partial charge in [0, 0.05) is 25.8 Å². The number of ether oxygens (including phenoxy) is 1. The van der Waals surface area contributed by atoms with Crippen molar-refractivity contribution in [2.75, 3.05) is 31.1 Å². The minimum Gasteiger partial charge on any atom is -0.489 e. The Bertz CT molecular complexity index is 784. The number of aryl methyl sites for hydroxylation is 1. The highest BCUT2D eigenvalue weighted by Crippen LogP contribution is 2.18. The molecule has 29 heavy (non-hydrogen) atoms. The Morgan fingerprint density at radius 2 is 2.03 bits per heavy atom. The van der Waals surface area contributed by atoms with E-state index in [0.717, 1.165) is 42.7 Å². The molecule has 2 aromatic rings. The normalized spacial score (nSPS) is 15.3. The zero-order valence-electron chi connectivity index (χ0n) is 17.8. The largest absolute Gasteiger partial charge is 0.489 e. The van der Waals surface area contributed by atoms with Gasteiger partial charge in [-0.1, -0.05) is 18.2 Å². The second-order valence-corrected chi connectivity index (χ2v) is 7.54. The highest BCUT2D eigenvalue weighted by atomic mass is 16.5. The molecule has 0 amide bonds. The van der Waals surface area contributed by atoms with Crippen LogP contribution < -0.4 is 20.3 Å². The van der Waals surface area contributed by atoms with E-state index >= 15 is 0 Å². The number of hydrogen-bond donors (Lipinski definition) is 2. The zero-order valence-corrected chi connectivity index (χ0v) is 17.8. The molecule has 156 valence electrons. The van der Waals surface area contributed by atoms with Crippen molar-refractivity contribution in [3.8, 4) is 5.75 Å². The van der Waals surface area contributed by atoms with Crippen molar-refractivity contribution in [2.45, 2.75) is 46.3 Å². The maximum Gasteiger partial charge on any atom is 0.191 e. The molecule has 2 heterocycles. The van der Waals surface area contributed by atoms with Gasteiger partial charge in [0.2, 0.25) is 0 Å². The molecule has 1 aliphatic rings. The molecule has 0 bridgehead atoms. The summed E-state index contributed by atoms with van der Waals surface area (Å²) in [6, 6.07) is 12.3. The SMILES string of the molecule is CCNC(=NCc1ccc(N2CCCC2)nc1)NCC(C)Oc1cccc(C)c1. The van der Waals surface area contributed by atoms with Gasteiger partial charge in [-0.15, -0.1) is 0 Å². The monoisotopic (exact) mass is 395 g/mol. The molecule has 0 aliphatic carbocycles. The highest BCUT2D eigenvalue weighted by Gasteiger charge is 2.13. The molecule has 3 rings (SSSR count). The van der Waals surface area contributed by atoms with Crippen LogP contribution >= 0.6 is 0 Å². The zero-order chi connectivity index (χ0) is 20.5. The first-order valence-electron chi connectivity index (χ1n) is 10.6. The van der Waals surface area contributed by atoms with Gasteiger partial charge < -0.3 is 20.3 Å². The first kappa shape index (κ1) is 21.0. The van der Waals surface area contributed by atoms with Gasteiger partial charge in [0.25, 0.3) is 0 Å². The number of hydrogen-bond acceptors (Lipinski definition) is 4. The molecule has 0 saturated carbocycles. The molecule has 1 atom stereocenters. The summed E-state index contributed by atoms with van der Waals surface area (Å²) in [5.41, 5.74) is 2.30. The second-order valence-electron chi connectivity index (χ2n) is 7.54. The standard InChI is InChI=1S/C23H33N5O/c1-4-24-23(26-15-19(3)29-21-9-7-8-18(2)14-21)27-17-20-10-11-22(25-16-20)28-12-5-6-13-28/h7-11,14,16,19H,4-6,12-13,15,17H2,1-3H3,(H2,24,26,27). The summed E-state index contributed by atoms with van der Waals surface area (Å²) in [4.78, 5) is 11.6. The smallest absolute Gasteiger partial charge is 0.191 e. The fourth-order valence-corrected chi connectivity index (χ4v) is 3.36. The predicted octanol–water partition coefficient (Wildman–Crippen LogP) is 3.51. The van der Waals surface area contributed by atoms with Crippen LogP contribution in [0.1, 0.15) is 37.8 Å². The molecule has 6 heteroatoms. The summed E-state index contributed by atoms with van der Waals surface area (Å²) < 4.78 is 5.99. The van der Waals surface area contributed by atoms with Gasteiger partial charge in [-0.3, -0.25) is 0 Å². The van der Waals surface area contributed by atoms with E-state index in [-0.39, 0.29) is 6.10 Å². The molecule has 1 fully saturated rings. The summed E-state index contributed by atoms with van der Waals surface area (Å²) in [5.74, 6) is 2.75. The molecule has 0 spiro atoms. The highest BCUT2D eigenvalue weighted by molar-refractivity contribution is 5.79. The number of anilines is 1. The van der Waals surface area contributed by atoms with Crippen LogP contribution in [0.25, 0.3) is 0 Å². The number of benzene rings is 1. The molecule has 1 aromatic heterocycles. The number of guanidine groups is 1. The number of aliphatic imine (C=N–C) groups is 1. The third-order valence-corrected chi connectivity index (χ3v) is 4.89. The third kappa shape index (κ3) is 6.66. The van der Waals surface area contributed by atoms with Crippen molar-refractivity contribution in [3.05, 3.63) is 53.7 Å². The second kappa shape index (κ2) is 10.7. The van der Waals surface area contributed by atoms with Crippen molar-refractivity contribution < 1.29 is 4.74 Å². The van der Waals surface area contributed by atoms with Gasteiger partial charge in [0.15, 0.2) is 5.96 Å². The van der Waals surface area contributed by atoms with Crippen LogP contribution in [0.5, 0.6) is 5.75 Å². The van der Waals surface area contributed by atoms with Crippen LogP contribution in [0.3, 0.4) is 0 Å². The number of nitrogens with zero attached hydrogens (tertiary/aromatic N) is 3. The minimum absolute atomic E-state index is 0.0297. The van der Waals surface area contributed by atoms with Gasteiger partial charge in [0.1, 0.15) is 17.7 Å². The predicted molar refractivity (Wildman–Crippen MR) is 120 cm³/mol. The molecule has 2 N–H and O–H groups in total. The molecule has 1 aliphatic heterocycles. The molecular weight excluding hydrogens is 362 g/mol. The molecule has 0 radical (unpaired) electrons. The fraction of sp³-hybridized carbons (Fsp3) is 0.478. The van der Waals surface area contributed by atoms with Crippen molar-refractivity contribution in [1.82, 2.24) is 15.6 Å². The van der Waals surface area contributed by atoms with E-state index in [1.807, 2.05) is 18.3 Å². The van der Waals surface area contributed by atoms with E-state index in [4.69, 9.17) is 4.74 Å². The summed E-state index contributed by atoms with van der Waals surface area (Å²) in [6.07, 6.45) is 4.49. The Kier molecular flexibility index (Phi) is 7.73. The van der Waals surface area contributed by atoms with E-state index in [9.17, 15) is 0 Å². The summed E-state index contributed by atoms with van der Waals surface area (Å²) in [7, 11) is 0. The number of nitrogens with one attached hydrogen (secondary N) is 2. The number of pyridine rings is 1. The average Bonchev–Trinajstić information content (AvgIpc) is 3.25. The lowest BCUT2D eigenvalue weighted by Crippen LogP contribution is -2.41. The van der Waals surface area contributed by atoms with Crippen LogP contribution in [0.2, 0.25) is 0 Å². The van der Waals surface area contributed by atoms with Gasteiger partial charge in [-0.25, -0.2) is 9.98 Å². The summed E-state index contributed by atoms with van der Waals surface area (Å²) in [5, 5.41) is 6.66. The van der Waals surface area contributed by atoms with Crippen LogP contribution in [0, 0.1) is 6.92 Å². The number of aromatic nitrogens is 1. The Morgan fingerprint density at radius 1 is 1.21 bits per heavy atom. The number of rotatable bonds is 8. The first-order chi connectivity index (χ1) is 14.1. The van der Waals surface area contributed by atoms with Crippen LogP contribution in [-0.4, -0.2) is 43.2 Å². The molecule has 1 aromatic carbocycles. The molecule has 1 saturated heterocycles. The van der Waals surface area contributed by atoms with Gasteiger partial charge >= 0.3 is 0 Å². The summed E-state index contributed by atoms with van der Waals surface area (Å²) >= 11 is 0. The van der Waals surface area contributed by atoms with E-state index < -0.39 is 0 Å². The first-order valence-corrected chi connectivity index (χ1v) is 10.6. The van der Waals surface area contributed by atoms with Gasteiger partial charge in [-0.05, 0) is 62.9 Å². The van der Waals surface area contributed by atoms with E-state index in [1.54, 1.807) is 0 Å². The van der Waals surface area contributed by atoms with Crippen molar-refractivity contribution >= 4 is 11.8 Å². The van der Waals surface area contributed by atoms with Crippen molar-refractivity contribution in [1.29, 1.82) is 0 Å². The molecular formula is C23H33N5O. The van der Waals surface area contributed by atoms with E-state index in [0.29, 0.717) is 13.1 Å². The molecule has 1 unspecified atom stereocenters. The van der Waals surface area contributed by atoms with Crippen LogP contribution in [0.4, 0.5) is 5.82 Å². The van der Waals surface area contributed by atoms with Crippen LogP contribution in [0.15, 0.2) is 47.6 Å². The minimum atomic E-state index is 0.0297. The fourth-order valence-electron chi connectivity index (χ4n) is 3.36. The van der Waals surface area contributed by atoms with Crippen LogP contribution in [-0.2, 0) is 6.54 Å². The Hall–Kier alpha value is -2.76. The summed E-state index contributed by atoms with van der Waals surface area (Å²) in [6.45, 7) is 10.5. The quantitative estimate of drug-likeness (QED) is 0.529. The van der Waals surface area contributed by atoms with Crippen molar-refractivity contribution in [2.24, 2.45) is 4.99 Å².